The van der Waals surface area contributed by atoms with Crippen LogP contribution < -0.4 is 15.6 Å². The van der Waals surface area contributed by atoms with E-state index >= 15 is 0 Å². The van der Waals surface area contributed by atoms with E-state index in [1.54, 1.807) is 19.9 Å². The van der Waals surface area contributed by atoms with E-state index in [1.165, 1.54) is 36.4 Å². The number of aryl methyl sites for hydroxylation is 2. The molecule has 0 saturated heterocycles. The number of rotatable bonds is 7. The molecule has 0 atom stereocenters. The van der Waals surface area contributed by atoms with Crippen molar-refractivity contribution in [3.63, 3.8) is 0 Å². The van der Waals surface area contributed by atoms with E-state index in [0.717, 1.165) is 10.2 Å². The van der Waals surface area contributed by atoms with Crippen molar-refractivity contribution in [1.29, 1.82) is 0 Å². The van der Waals surface area contributed by atoms with Gasteiger partial charge in [-0.3, -0.25) is 14.3 Å². The van der Waals surface area contributed by atoms with Crippen LogP contribution in [-0.4, -0.2) is 34.1 Å². The molecular formula is C24H22N6O4S. The van der Waals surface area contributed by atoms with Gasteiger partial charge in [-0.15, -0.1) is 0 Å². The lowest BCUT2D eigenvalue weighted by Gasteiger charge is -2.10. The summed E-state index contributed by atoms with van der Waals surface area (Å²) in [7, 11) is -3.89. The molecule has 4 rings (SSSR count). The van der Waals surface area contributed by atoms with Crippen molar-refractivity contribution in [3.05, 3.63) is 94.7 Å². The van der Waals surface area contributed by atoms with E-state index < -0.39 is 21.5 Å². The Morgan fingerprint density at radius 2 is 1.66 bits per heavy atom. The Balaban J connectivity index is 1.44. The van der Waals surface area contributed by atoms with E-state index in [9.17, 15) is 18.0 Å². The molecule has 0 radical (unpaired) electrons. The van der Waals surface area contributed by atoms with Crippen LogP contribution in [0.3, 0.4) is 0 Å². The summed E-state index contributed by atoms with van der Waals surface area (Å²) < 4.78 is 28.9. The van der Waals surface area contributed by atoms with Crippen molar-refractivity contribution in [3.8, 4) is 11.3 Å². The maximum Gasteiger partial charge on any atom is 0.267 e. The number of benzene rings is 2. The first-order valence-electron chi connectivity index (χ1n) is 10.6. The Morgan fingerprint density at radius 1 is 0.943 bits per heavy atom. The van der Waals surface area contributed by atoms with Crippen LogP contribution in [0.15, 0.2) is 82.5 Å². The lowest BCUT2D eigenvalue weighted by atomic mass is 10.1. The normalized spacial score (nSPS) is 11.1. The van der Waals surface area contributed by atoms with Gasteiger partial charge in [0, 0.05) is 29.1 Å². The second kappa shape index (κ2) is 9.85. The number of nitrogens with zero attached hydrogens (tertiary/aromatic N) is 4. The van der Waals surface area contributed by atoms with E-state index in [1.807, 2.05) is 30.3 Å². The fourth-order valence-electron chi connectivity index (χ4n) is 3.34. The molecule has 11 heteroatoms. The summed E-state index contributed by atoms with van der Waals surface area (Å²) in [4.78, 5) is 32.9. The molecule has 0 spiro atoms. The van der Waals surface area contributed by atoms with Crippen LogP contribution in [0.25, 0.3) is 11.3 Å². The summed E-state index contributed by atoms with van der Waals surface area (Å²) in [5, 5.41) is 6.91. The van der Waals surface area contributed by atoms with E-state index in [2.05, 4.69) is 25.1 Å². The zero-order chi connectivity index (χ0) is 25.0. The second-order valence-electron chi connectivity index (χ2n) is 7.70. The number of amides is 1. The SMILES string of the molecule is Cc1cc(NS(=O)(=O)c2ccc(NC(=O)Cn3nc(-c4ccccc4)ccc3=O)cc2)nc(C)n1. The minimum absolute atomic E-state index is 0.00198. The number of sulfonamides is 1. The first-order valence-corrected chi connectivity index (χ1v) is 12.1. The maximum atomic E-state index is 12.7. The van der Waals surface area contributed by atoms with Crippen LogP contribution >= 0.6 is 0 Å². The number of anilines is 2. The van der Waals surface area contributed by atoms with Gasteiger partial charge in [-0.1, -0.05) is 30.3 Å². The van der Waals surface area contributed by atoms with Crippen molar-refractivity contribution in [2.24, 2.45) is 0 Å². The molecule has 0 fully saturated rings. The van der Waals surface area contributed by atoms with Crippen molar-refractivity contribution in [1.82, 2.24) is 19.7 Å². The highest BCUT2D eigenvalue weighted by molar-refractivity contribution is 7.92. The molecule has 178 valence electrons. The van der Waals surface area contributed by atoms with Gasteiger partial charge in [0.2, 0.25) is 5.91 Å². The van der Waals surface area contributed by atoms with E-state index in [-0.39, 0.29) is 17.3 Å². The highest BCUT2D eigenvalue weighted by Crippen LogP contribution is 2.18. The van der Waals surface area contributed by atoms with Gasteiger partial charge in [-0.2, -0.15) is 5.10 Å². The summed E-state index contributed by atoms with van der Waals surface area (Å²) in [6.07, 6.45) is 0. The number of hydrogen-bond donors (Lipinski definition) is 2. The molecule has 35 heavy (non-hydrogen) atoms. The zero-order valence-electron chi connectivity index (χ0n) is 19.0. The smallest absolute Gasteiger partial charge is 0.267 e. The third-order valence-electron chi connectivity index (χ3n) is 4.88. The van der Waals surface area contributed by atoms with Gasteiger partial charge < -0.3 is 5.32 Å². The average molecular weight is 491 g/mol. The second-order valence-corrected chi connectivity index (χ2v) is 9.38. The molecule has 4 aromatic rings. The van der Waals surface area contributed by atoms with Crippen LogP contribution in [-0.2, 0) is 21.4 Å². The third-order valence-corrected chi connectivity index (χ3v) is 6.25. The molecule has 0 unspecified atom stereocenters. The van der Waals surface area contributed by atoms with Gasteiger partial charge >= 0.3 is 0 Å². The first-order chi connectivity index (χ1) is 16.7. The van der Waals surface area contributed by atoms with E-state index in [0.29, 0.717) is 22.9 Å². The summed E-state index contributed by atoms with van der Waals surface area (Å²) in [5.74, 6) is 0.136. The summed E-state index contributed by atoms with van der Waals surface area (Å²) in [6, 6.07) is 19.4. The van der Waals surface area contributed by atoms with Gasteiger partial charge in [-0.05, 0) is 44.2 Å². The molecule has 10 nitrogen and oxygen atoms in total. The van der Waals surface area contributed by atoms with Crippen LogP contribution in [0, 0.1) is 13.8 Å². The minimum atomic E-state index is -3.89. The molecule has 0 saturated carbocycles. The predicted octanol–water partition coefficient (Wildman–Crippen LogP) is 2.76. The van der Waals surface area contributed by atoms with Crippen LogP contribution in [0.5, 0.6) is 0 Å². The lowest BCUT2D eigenvalue weighted by Crippen LogP contribution is -2.29. The van der Waals surface area contributed by atoms with Crippen molar-refractivity contribution in [2.45, 2.75) is 25.3 Å². The molecule has 2 aromatic heterocycles. The van der Waals surface area contributed by atoms with Crippen molar-refractivity contribution in [2.75, 3.05) is 10.0 Å². The summed E-state index contributed by atoms with van der Waals surface area (Å²) in [6.45, 7) is 3.11. The highest BCUT2D eigenvalue weighted by atomic mass is 32.2. The van der Waals surface area contributed by atoms with Crippen molar-refractivity contribution < 1.29 is 13.2 Å². The molecule has 2 N–H and O–H groups in total. The molecular weight excluding hydrogens is 468 g/mol. The van der Waals surface area contributed by atoms with Gasteiger partial charge in [-0.25, -0.2) is 23.1 Å². The molecule has 2 heterocycles. The van der Waals surface area contributed by atoms with Gasteiger partial charge in [0.25, 0.3) is 15.6 Å². The summed E-state index contributed by atoms with van der Waals surface area (Å²) in [5.41, 5.74) is 1.97. The monoisotopic (exact) mass is 490 g/mol. The van der Waals surface area contributed by atoms with Crippen molar-refractivity contribution >= 4 is 27.4 Å². The maximum absolute atomic E-state index is 12.7. The Kier molecular flexibility index (Phi) is 6.69. The highest BCUT2D eigenvalue weighted by Gasteiger charge is 2.16. The molecule has 0 aliphatic rings. The molecule has 0 aliphatic heterocycles. The van der Waals surface area contributed by atoms with E-state index in [4.69, 9.17) is 0 Å². The average Bonchev–Trinajstić information content (AvgIpc) is 2.80. The zero-order valence-corrected chi connectivity index (χ0v) is 19.8. The molecule has 2 aromatic carbocycles. The minimum Gasteiger partial charge on any atom is -0.324 e. The standard InChI is InChI=1S/C24H22N6O4S/c1-16-14-22(26-17(2)25-16)29-35(33,34)20-10-8-19(9-11-20)27-23(31)15-30-24(32)13-12-21(28-30)18-6-4-3-5-7-18/h3-14H,15H2,1-2H3,(H,27,31)(H,25,26,29). The Hall–Kier alpha value is -4.38. The van der Waals surface area contributed by atoms with Gasteiger partial charge in [0.05, 0.1) is 10.6 Å². The Labute approximate surface area is 201 Å². The molecule has 1 amide bonds. The largest absolute Gasteiger partial charge is 0.324 e. The Morgan fingerprint density at radius 3 is 2.34 bits per heavy atom. The lowest BCUT2D eigenvalue weighted by molar-refractivity contribution is -0.117. The fraction of sp³-hybridized carbons (Fsp3) is 0.125. The fourth-order valence-corrected chi connectivity index (χ4v) is 4.34. The van der Waals surface area contributed by atoms with Crippen LogP contribution in [0.2, 0.25) is 0 Å². The van der Waals surface area contributed by atoms with Crippen LogP contribution in [0.4, 0.5) is 11.5 Å². The van der Waals surface area contributed by atoms with Gasteiger partial charge in [0.15, 0.2) is 0 Å². The number of carbonyl (C=O) groups excluding carboxylic acids is 1. The molecule has 0 aliphatic carbocycles. The predicted molar refractivity (Wildman–Crippen MR) is 131 cm³/mol. The number of aromatic nitrogens is 4. The number of nitrogens with one attached hydrogen (secondary N) is 2. The molecule has 0 bridgehead atoms. The van der Waals surface area contributed by atoms with Crippen LogP contribution in [0.1, 0.15) is 11.5 Å². The van der Waals surface area contributed by atoms with Gasteiger partial charge in [0.1, 0.15) is 18.2 Å². The topological polar surface area (TPSA) is 136 Å². The third kappa shape index (κ3) is 5.95. The quantitative estimate of drug-likeness (QED) is 0.406. The first kappa shape index (κ1) is 23.8. The number of carbonyl (C=O) groups is 1. The Bertz CT molecular complexity index is 1510. The summed E-state index contributed by atoms with van der Waals surface area (Å²) >= 11 is 0. The number of hydrogen-bond acceptors (Lipinski definition) is 7.